The van der Waals surface area contributed by atoms with E-state index in [1.807, 2.05) is 28.7 Å². The number of aromatic hydroxyl groups is 1. The molecular formula is C7H6BrIN2OS. The van der Waals surface area contributed by atoms with E-state index in [2.05, 4.69) is 33.5 Å². The highest BCUT2D eigenvalue weighted by Gasteiger charge is 2.09. The van der Waals surface area contributed by atoms with E-state index in [1.54, 1.807) is 6.07 Å². The van der Waals surface area contributed by atoms with E-state index in [1.165, 1.54) is 0 Å². The number of hydrogen-bond donors (Lipinski definition) is 3. The molecule has 0 heterocycles. The van der Waals surface area contributed by atoms with Gasteiger partial charge in [-0.1, -0.05) is 0 Å². The minimum Gasteiger partial charge on any atom is -0.505 e. The van der Waals surface area contributed by atoms with Crippen LogP contribution in [0, 0.1) is 3.57 Å². The van der Waals surface area contributed by atoms with Gasteiger partial charge in [-0.3, -0.25) is 0 Å². The molecule has 0 unspecified atom stereocenters. The number of phenolic OH excluding ortho intramolecular Hbond substituents is 1. The minimum absolute atomic E-state index is 0.123. The lowest BCUT2D eigenvalue weighted by molar-refractivity contribution is 0.474. The molecule has 0 atom stereocenters. The summed E-state index contributed by atoms with van der Waals surface area (Å²) in [5.74, 6) is 0.141. The largest absolute Gasteiger partial charge is 0.505 e. The minimum atomic E-state index is 0.123. The number of hydrogen-bond acceptors (Lipinski definition) is 2. The predicted molar refractivity (Wildman–Crippen MR) is 68.9 cm³/mol. The van der Waals surface area contributed by atoms with Crippen molar-refractivity contribution in [3.05, 3.63) is 20.2 Å². The summed E-state index contributed by atoms with van der Waals surface area (Å²) < 4.78 is 1.46. The number of benzene rings is 1. The van der Waals surface area contributed by atoms with Crippen LogP contribution in [0.3, 0.4) is 0 Å². The van der Waals surface area contributed by atoms with Crippen LogP contribution in [-0.2, 0) is 0 Å². The van der Waals surface area contributed by atoms with E-state index in [0.29, 0.717) is 5.69 Å². The van der Waals surface area contributed by atoms with Gasteiger partial charge in [-0.25, -0.2) is 0 Å². The average molecular weight is 373 g/mol. The van der Waals surface area contributed by atoms with Crippen molar-refractivity contribution >= 4 is 61.5 Å². The van der Waals surface area contributed by atoms with Crippen LogP contribution in [0.1, 0.15) is 0 Å². The van der Waals surface area contributed by atoms with Crippen molar-refractivity contribution in [3.8, 4) is 5.75 Å². The Morgan fingerprint density at radius 1 is 1.62 bits per heavy atom. The second-order valence-corrected chi connectivity index (χ2v) is 4.70. The van der Waals surface area contributed by atoms with Gasteiger partial charge >= 0.3 is 0 Å². The second-order valence-electron chi connectivity index (χ2n) is 2.24. The average Bonchev–Trinajstić information content (AvgIpc) is 2.05. The molecule has 1 aromatic rings. The Kier molecular flexibility index (Phi) is 3.74. The molecule has 0 aromatic heterocycles. The van der Waals surface area contributed by atoms with Gasteiger partial charge in [0, 0.05) is 4.47 Å². The summed E-state index contributed by atoms with van der Waals surface area (Å²) in [5, 5.41) is 12.4. The van der Waals surface area contributed by atoms with Crippen molar-refractivity contribution in [2.75, 3.05) is 5.32 Å². The van der Waals surface area contributed by atoms with E-state index in [-0.39, 0.29) is 10.9 Å². The zero-order valence-electron chi connectivity index (χ0n) is 6.34. The molecule has 13 heavy (non-hydrogen) atoms. The van der Waals surface area contributed by atoms with Crippen molar-refractivity contribution in [3.63, 3.8) is 0 Å². The number of nitrogens with one attached hydrogen (secondary N) is 1. The van der Waals surface area contributed by atoms with E-state index < -0.39 is 0 Å². The summed E-state index contributed by atoms with van der Waals surface area (Å²) >= 11 is 9.96. The van der Waals surface area contributed by atoms with Crippen LogP contribution in [0.5, 0.6) is 5.75 Å². The van der Waals surface area contributed by atoms with Crippen LogP contribution >= 0.6 is 50.7 Å². The van der Waals surface area contributed by atoms with Crippen molar-refractivity contribution in [1.29, 1.82) is 0 Å². The maximum atomic E-state index is 9.61. The zero-order valence-corrected chi connectivity index (χ0v) is 10.9. The van der Waals surface area contributed by atoms with Gasteiger partial charge in [0.25, 0.3) is 0 Å². The first-order chi connectivity index (χ1) is 6.02. The summed E-state index contributed by atoms with van der Waals surface area (Å²) in [7, 11) is 0. The number of thiocarbonyl (C=S) groups is 1. The molecule has 0 fully saturated rings. The van der Waals surface area contributed by atoms with Crippen LogP contribution in [0.25, 0.3) is 0 Å². The Labute approximate surface area is 103 Å². The highest BCUT2D eigenvalue weighted by atomic mass is 127. The van der Waals surface area contributed by atoms with Crippen molar-refractivity contribution in [1.82, 2.24) is 0 Å². The topological polar surface area (TPSA) is 58.3 Å². The van der Waals surface area contributed by atoms with Crippen LogP contribution in [0.15, 0.2) is 16.6 Å². The molecule has 0 aliphatic rings. The lowest BCUT2D eigenvalue weighted by atomic mass is 10.3. The molecule has 3 nitrogen and oxygen atoms in total. The smallest absolute Gasteiger partial charge is 0.168 e. The first-order valence-electron chi connectivity index (χ1n) is 3.26. The SMILES string of the molecule is NC(=S)Nc1c(Br)ccc(I)c1O. The third-order valence-corrected chi connectivity index (χ3v) is 2.96. The number of halogens is 2. The van der Waals surface area contributed by atoms with Gasteiger partial charge in [0.05, 0.1) is 9.26 Å². The highest BCUT2D eigenvalue weighted by Crippen LogP contribution is 2.35. The Morgan fingerprint density at radius 3 is 2.77 bits per heavy atom. The van der Waals surface area contributed by atoms with E-state index in [0.717, 1.165) is 8.04 Å². The Balaban J connectivity index is 3.17. The van der Waals surface area contributed by atoms with E-state index in [9.17, 15) is 5.11 Å². The summed E-state index contributed by atoms with van der Waals surface area (Å²) in [6.07, 6.45) is 0. The third-order valence-electron chi connectivity index (χ3n) is 1.33. The molecule has 0 radical (unpaired) electrons. The Hall–Kier alpha value is -0.0800. The summed E-state index contributed by atoms with van der Waals surface area (Å²) in [6, 6.07) is 3.59. The van der Waals surface area contributed by atoms with Gasteiger partial charge in [0.1, 0.15) is 0 Å². The quantitative estimate of drug-likeness (QED) is 0.402. The van der Waals surface area contributed by atoms with E-state index >= 15 is 0 Å². The van der Waals surface area contributed by atoms with Crippen molar-refractivity contribution in [2.24, 2.45) is 5.73 Å². The number of rotatable bonds is 1. The molecule has 1 aromatic carbocycles. The molecule has 0 amide bonds. The fourth-order valence-electron chi connectivity index (χ4n) is 0.783. The molecule has 0 spiro atoms. The highest BCUT2D eigenvalue weighted by molar-refractivity contribution is 14.1. The van der Waals surface area contributed by atoms with Gasteiger partial charge in [-0.2, -0.15) is 0 Å². The monoisotopic (exact) mass is 372 g/mol. The summed E-state index contributed by atoms with van der Waals surface area (Å²) in [5.41, 5.74) is 5.80. The summed E-state index contributed by atoms with van der Waals surface area (Å²) in [6.45, 7) is 0. The predicted octanol–water partition coefficient (Wildman–Crippen LogP) is 2.41. The first kappa shape index (κ1) is 11.0. The van der Waals surface area contributed by atoms with Gasteiger partial charge < -0.3 is 16.2 Å². The fraction of sp³-hybridized carbons (Fsp3) is 0. The van der Waals surface area contributed by atoms with Crippen molar-refractivity contribution in [2.45, 2.75) is 0 Å². The molecule has 0 aliphatic carbocycles. The van der Waals surface area contributed by atoms with Crippen molar-refractivity contribution < 1.29 is 5.11 Å². The van der Waals surface area contributed by atoms with Crippen LogP contribution in [-0.4, -0.2) is 10.2 Å². The molecule has 0 bridgehead atoms. The number of nitrogens with two attached hydrogens (primary N) is 1. The van der Waals surface area contributed by atoms with Gasteiger partial charge in [0.15, 0.2) is 10.9 Å². The molecule has 6 heteroatoms. The third kappa shape index (κ3) is 2.68. The van der Waals surface area contributed by atoms with Crippen LogP contribution in [0.2, 0.25) is 0 Å². The Bertz CT molecular complexity index is 359. The molecular weight excluding hydrogens is 367 g/mol. The maximum absolute atomic E-state index is 9.61. The molecule has 0 saturated heterocycles. The summed E-state index contributed by atoms with van der Waals surface area (Å²) in [4.78, 5) is 0. The maximum Gasteiger partial charge on any atom is 0.168 e. The van der Waals surface area contributed by atoms with Gasteiger partial charge in [0.2, 0.25) is 0 Å². The van der Waals surface area contributed by atoms with E-state index in [4.69, 9.17) is 5.73 Å². The fourth-order valence-corrected chi connectivity index (χ4v) is 1.75. The van der Waals surface area contributed by atoms with Gasteiger partial charge in [-0.05, 0) is 62.9 Å². The lowest BCUT2D eigenvalue weighted by Crippen LogP contribution is -2.19. The molecule has 4 N–H and O–H groups in total. The molecule has 0 saturated carbocycles. The number of phenols is 1. The second kappa shape index (κ2) is 4.43. The first-order valence-corrected chi connectivity index (χ1v) is 5.54. The lowest BCUT2D eigenvalue weighted by Gasteiger charge is -2.09. The van der Waals surface area contributed by atoms with Crippen LogP contribution in [0.4, 0.5) is 5.69 Å². The normalized spacial score (nSPS) is 9.69. The molecule has 1 rings (SSSR count). The van der Waals surface area contributed by atoms with Gasteiger partial charge in [-0.15, -0.1) is 0 Å². The zero-order chi connectivity index (χ0) is 10.0. The number of anilines is 1. The standard InChI is InChI=1S/C7H6BrIN2OS/c8-3-1-2-4(9)6(12)5(3)11-7(10)13/h1-2,12H,(H3,10,11,13). The van der Waals surface area contributed by atoms with Crippen LogP contribution < -0.4 is 11.1 Å². The Morgan fingerprint density at radius 2 is 2.23 bits per heavy atom. The molecule has 70 valence electrons. The molecule has 0 aliphatic heterocycles.